The van der Waals surface area contributed by atoms with Gasteiger partial charge in [0.25, 0.3) is 0 Å². The lowest BCUT2D eigenvalue weighted by Gasteiger charge is -2.26. The molecule has 0 spiro atoms. The van der Waals surface area contributed by atoms with E-state index >= 15 is 0 Å². The number of sulfonamides is 1. The number of rotatable bonds is 8. The van der Waals surface area contributed by atoms with Crippen molar-refractivity contribution in [3.05, 3.63) is 65.5 Å². The lowest BCUT2D eigenvalue weighted by Crippen LogP contribution is -2.40. The Morgan fingerprint density at radius 1 is 1.12 bits per heavy atom. The van der Waals surface area contributed by atoms with Crippen LogP contribution in [-0.2, 0) is 24.3 Å². The number of carbonyl (C=O) groups is 2. The van der Waals surface area contributed by atoms with Crippen LogP contribution < -0.4 is 4.74 Å². The van der Waals surface area contributed by atoms with Gasteiger partial charge in [-0.05, 0) is 48.0 Å². The predicted molar refractivity (Wildman–Crippen MR) is 113 cm³/mol. The summed E-state index contributed by atoms with van der Waals surface area (Å²) in [5, 5.41) is 0. The van der Waals surface area contributed by atoms with Gasteiger partial charge in [-0.25, -0.2) is 17.6 Å². The minimum atomic E-state index is -3.81. The van der Waals surface area contributed by atoms with E-state index in [1.165, 1.54) is 41.8 Å². The number of hydrogen-bond acceptors (Lipinski definition) is 7. The monoisotopic (exact) mass is 463 g/mol. The minimum absolute atomic E-state index is 0.0242. The number of morpholine rings is 1. The number of methoxy groups -OCH3 is 1. The SMILES string of the molecule is COc1ccc(/C=C/C(=O)OCC(=O)c2ccc(F)cc2)cc1S(=O)(=O)N1CCOCC1. The molecule has 1 aliphatic heterocycles. The number of ether oxygens (including phenoxy) is 3. The first-order valence-corrected chi connectivity index (χ1v) is 11.1. The van der Waals surface area contributed by atoms with Crippen LogP contribution in [0, 0.1) is 5.82 Å². The predicted octanol–water partition coefficient (Wildman–Crippen LogP) is 2.29. The second-order valence-electron chi connectivity index (χ2n) is 6.80. The number of esters is 1. The summed E-state index contributed by atoms with van der Waals surface area (Å²) in [7, 11) is -2.44. The molecule has 0 aromatic heterocycles. The summed E-state index contributed by atoms with van der Waals surface area (Å²) >= 11 is 0. The molecule has 2 aromatic carbocycles. The molecule has 170 valence electrons. The standard InChI is InChI=1S/C22H22FNO7S/c1-29-20-8-2-16(14-21(20)32(27,28)24-10-12-30-13-11-24)3-9-22(26)31-15-19(25)17-4-6-18(23)7-5-17/h2-9,14H,10-13,15H2,1H3/b9-3+. The van der Waals surface area contributed by atoms with Crippen molar-refractivity contribution in [2.24, 2.45) is 0 Å². The summed E-state index contributed by atoms with van der Waals surface area (Å²) in [4.78, 5) is 23.9. The van der Waals surface area contributed by atoms with Gasteiger partial charge >= 0.3 is 5.97 Å². The molecule has 10 heteroatoms. The molecule has 0 saturated carbocycles. The second kappa shape index (κ2) is 10.5. The van der Waals surface area contributed by atoms with E-state index in [1.54, 1.807) is 6.07 Å². The van der Waals surface area contributed by atoms with Gasteiger partial charge in [0.1, 0.15) is 16.5 Å². The van der Waals surface area contributed by atoms with Crippen LogP contribution in [0.25, 0.3) is 6.08 Å². The van der Waals surface area contributed by atoms with Gasteiger partial charge in [-0.15, -0.1) is 0 Å². The minimum Gasteiger partial charge on any atom is -0.495 e. The van der Waals surface area contributed by atoms with Crippen LogP contribution in [-0.4, -0.2) is 64.5 Å². The zero-order chi connectivity index (χ0) is 23.1. The van der Waals surface area contributed by atoms with Gasteiger partial charge in [-0.3, -0.25) is 4.79 Å². The van der Waals surface area contributed by atoms with Crippen molar-refractivity contribution in [2.75, 3.05) is 40.0 Å². The molecular formula is C22H22FNO7S. The Labute approximate surface area is 185 Å². The maximum Gasteiger partial charge on any atom is 0.331 e. The van der Waals surface area contributed by atoms with Gasteiger partial charge in [0.2, 0.25) is 10.0 Å². The highest BCUT2D eigenvalue weighted by Gasteiger charge is 2.29. The van der Waals surface area contributed by atoms with E-state index in [0.29, 0.717) is 18.8 Å². The number of hydrogen-bond donors (Lipinski definition) is 0. The first-order chi connectivity index (χ1) is 15.3. The molecule has 0 N–H and O–H groups in total. The summed E-state index contributed by atoms with van der Waals surface area (Å²) in [5.41, 5.74) is 0.649. The second-order valence-corrected chi connectivity index (χ2v) is 8.70. The fraction of sp³-hybridized carbons (Fsp3) is 0.273. The highest BCUT2D eigenvalue weighted by molar-refractivity contribution is 7.89. The zero-order valence-electron chi connectivity index (χ0n) is 17.3. The molecule has 0 aliphatic carbocycles. The van der Waals surface area contributed by atoms with Crippen molar-refractivity contribution in [1.82, 2.24) is 4.31 Å². The molecule has 1 heterocycles. The van der Waals surface area contributed by atoms with Crippen LogP contribution in [0.4, 0.5) is 4.39 Å². The van der Waals surface area contributed by atoms with Gasteiger partial charge in [-0.1, -0.05) is 6.07 Å². The molecule has 0 atom stereocenters. The molecule has 3 rings (SSSR count). The molecule has 0 amide bonds. The topological polar surface area (TPSA) is 99.2 Å². The van der Waals surface area contributed by atoms with Crippen LogP contribution in [0.2, 0.25) is 0 Å². The highest BCUT2D eigenvalue weighted by Crippen LogP contribution is 2.28. The quantitative estimate of drug-likeness (QED) is 0.336. The van der Waals surface area contributed by atoms with Crippen molar-refractivity contribution >= 4 is 27.9 Å². The maximum absolute atomic E-state index is 13.0. The number of benzene rings is 2. The average molecular weight is 463 g/mol. The first kappa shape index (κ1) is 23.6. The van der Waals surface area contributed by atoms with Crippen LogP contribution in [0.5, 0.6) is 5.75 Å². The Morgan fingerprint density at radius 3 is 2.47 bits per heavy atom. The Hall–Kier alpha value is -3.08. The van der Waals surface area contributed by atoms with E-state index in [2.05, 4.69) is 0 Å². The summed E-state index contributed by atoms with van der Waals surface area (Å²) in [6.07, 6.45) is 2.47. The number of Topliss-reactive ketones (excluding diaryl/α,β-unsaturated/α-hetero) is 1. The number of halogens is 1. The average Bonchev–Trinajstić information content (AvgIpc) is 2.82. The molecule has 8 nitrogen and oxygen atoms in total. The summed E-state index contributed by atoms with van der Waals surface area (Å²) in [5.74, 6) is -1.55. The van der Waals surface area contributed by atoms with E-state index < -0.39 is 34.2 Å². The fourth-order valence-electron chi connectivity index (χ4n) is 2.99. The van der Waals surface area contributed by atoms with Gasteiger partial charge in [0, 0.05) is 24.7 Å². The zero-order valence-corrected chi connectivity index (χ0v) is 18.1. The third kappa shape index (κ3) is 5.78. The van der Waals surface area contributed by atoms with E-state index in [0.717, 1.165) is 18.2 Å². The summed E-state index contributed by atoms with van der Waals surface area (Å²) < 4.78 is 55.6. The number of ketones is 1. The third-order valence-corrected chi connectivity index (χ3v) is 6.62. The number of nitrogens with zero attached hydrogens (tertiary/aromatic N) is 1. The molecule has 2 aromatic rings. The van der Waals surface area contributed by atoms with E-state index in [1.807, 2.05) is 0 Å². The Kier molecular flexibility index (Phi) is 7.73. The Balaban J connectivity index is 1.68. The van der Waals surface area contributed by atoms with Crippen molar-refractivity contribution < 1.29 is 36.6 Å². The Bertz CT molecular complexity index is 1110. The van der Waals surface area contributed by atoms with Gasteiger partial charge < -0.3 is 14.2 Å². The van der Waals surface area contributed by atoms with Crippen molar-refractivity contribution in [1.29, 1.82) is 0 Å². The number of carbonyl (C=O) groups excluding carboxylic acids is 2. The van der Waals surface area contributed by atoms with Crippen molar-refractivity contribution in [3.63, 3.8) is 0 Å². The molecule has 1 aliphatic rings. The molecular weight excluding hydrogens is 441 g/mol. The van der Waals surface area contributed by atoms with Crippen LogP contribution >= 0.6 is 0 Å². The van der Waals surface area contributed by atoms with Gasteiger partial charge in [0.05, 0.1) is 20.3 Å². The smallest absolute Gasteiger partial charge is 0.331 e. The van der Waals surface area contributed by atoms with Gasteiger partial charge in [-0.2, -0.15) is 4.31 Å². The molecule has 1 fully saturated rings. The summed E-state index contributed by atoms with van der Waals surface area (Å²) in [6, 6.07) is 9.37. The van der Waals surface area contributed by atoms with Crippen LogP contribution in [0.15, 0.2) is 53.4 Å². The normalized spacial score (nSPS) is 14.9. The fourth-order valence-corrected chi connectivity index (χ4v) is 4.59. The van der Waals surface area contributed by atoms with E-state index in [9.17, 15) is 22.4 Å². The molecule has 0 unspecified atom stereocenters. The van der Waals surface area contributed by atoms with Gasteiger partial charge in [0.15, 0.2) is 12.4 Å². The third-order valence-electron chi connectivity index (χ3n) is 4.70. The van der Waals surface area contributed by atoms with Crippen molar-refractivity contribution in [2.45, 2.75) is 4.90 Å². The van der Waals surface area contributed by atoms with Crippen LogP contribution in [0.3, 0.4) is 0 Å². The highest BCUT2D eigenvalue weighted by atomic mass is 32.2. The molecule has 32 heavy (non-hydrogen) atoms. The lowest BCUT2D eigenvalue weighted by molar-refractivity contribution is -0.136. The maximum atomic E-state index is 13.0. The largest absolute Gasteiger partial charge is 0.495 e. The van der Waals surface area contributed by atoms with E-state index in [4.69, 9.17) is 14.2 Å². The molecule has 1 saturated heterocycles. The lowest BCUT2D eigenvalue weighted by atomic mass is 10.1. The van der Waals surface area contributed by atoms with E-state index in [-0.39, 0.29) is 29.3 Å². The molecule has 0 radical (unpaired) electrons. The Morgan fingerprint density at radius 2 is 1.81 bits per heavy atom. The van der Waals surface area contributed by atoms with Crippen LogP contribution in [0.1, 0.15) is 15.9 Å². The first-order valence-electron chi connectivity index (χ1n) is 9.71. The van der Waals surface area contributed by atoms with Crippen molar-refractivity contribution in [3.8, 4) is 5.75 Å². The molecule has 0 bridgehead atoms. The summed E-state index contributed by atoms with van der Waals surface area (Å²) in [6.45, 7) is 0.585.